The number of hydrogen-bond acceptors (Lipinski definition) is 2. The third kappa shape index (κ3) is 5.26. The van der Waals surface area contributed by atoms with Gasteiger partial charge in [-0.15, -0.1) is 0 Å². The lowest BCUT2D eigenvalue weighted by molar-refractivity contribution is -0.153. The van der Waals surface area contributed by atoms with Crippen LogP contribution >= 0.6 is 0 Å². The zero-order chi connectivity index (χ0) is 18.4. The third-order valence-electron chi connectivity index (χ3n) is 5.30. The molecule has 140 valence electrons. The molecule has 1 aromatic rings. The largest absolute Gasteiger partial charge is 0.469 e. The number of benzene rings is 1. The van der Waals surface area contributed by atoms with Crippen LogP contribution in [0.5, 0.6) is 0 Å². The SMILES string of the molecule is COC(=O)C(C(F)F)C(c1ccc(CC(C)C)cc1)C1CCCCC1. The van der Waals surface area contributed by atoms with Gasteiger partial charge in [0.2, 0.25) is 0 Å². The van der Waals surface area contributed by atoms with Gasteiger partial charge in [0.15, 0.2) is 0 Å². The smallest absolute Gasteiger partial charge is 0.315 e. The minimum Gasteiger partial charge on any atom is -0.469 e. The molecule has 2 atom stereocenters. The van der Waals surface area contributed by atoms with E-state index >= 15 is 0 Å². The fourth-order valence-corrected chi connectivity index (χ4v) is 4.16. The molecule has 1 aromatic carbocycles. The van der Waals surface area contributed by atoms with E-state index in [1.807, 2.05) is 24.3 Å². The molecule has 2 rings (SSSR count). The molecule has 0 spiro atoms. The van der Waals surface area contributed by atoms with E-state index in [4.69, 9.17) is 4.74 Å². The second kappa shape index (κ2) is 9.30. The van der Waals surface area contributed by atoms with Crippen molar-refractivity contribution in [1.82, 2.24) is 0 Å². The molecule has 2 unspecified atom stereocenters. The van der Waals surface area contributed by atoms with Gasteiger partial charge in [-0.1, -0.05) is 57.4 Å². The van der Waals surface area contributed by atoms with Crippen LogP contribution in [0, 0.1) is 17.8 Å². The summed E-state index contributed by atoms with van der Waals surface area (Å²) in [6.07, 6.45) is 3.29. The summed E-state index contributed by atoms with van der Waals surface area (Å²) in [6.45, 7) is 4.31. The third-order valence-corrected chi connectivity index (χ3v) is 5.30. The molecule has 0 saturated heterocycles. The van der Waals surface area contributed by atoms with Crippen LogP contribution in [0.25, 0.3) is 0 Å². The van der Waals surface area contributed by atoms with Crippen LogP contribution in [-0.4, -0.2) is 19.5 Å². The maximum Gasteiger partial charge on any atom is 0.315 e. The zero-order valence-corrected chi connectivity index (χ0v) is 15.5. The van der Waals surface area contributed by atoms with Crippen molar-refractivity contribution >= 4 is 5.97 Å². The number of methoxy groups -OCH3 is 1. The summed E-state index contributed by atoms with van der Waals surface area (Å²) < 4.78 is 32.3. The number of rotatable bonds is 7. The van der Waals surface area contributed by atoms with Gasteiger partial charge in [0.1, 0.15) is 5.92 Å². The van der Waals surface area contributed by atoms with Crippen molar-refractivity contribution in [1.29, 1.82) is 0 Å². The summed E-state index contributed by atoms with van der Waals surface area (Å²) in [5.41, 5.74) is 2.04. The van der Waals surface area contributed by atoms with Gasteiger partial charge < -0.3 is 4.74 Å². The standard InChI is InChI=1S/C21H30F2O2/c1-14(2)13-15-9-11-17(12-10-15)18(16-7-5-4-6-8-16)19(20(22)23)21(24)25-3/h9-12,14,16,18-20H,4-8,13H2,1-3H3. The molecule has 0 amide bonds. The fourth-order valence-electron chi connectivity index (χ4n) is 4.16. The highest BCUT2D eigenvalue weighted by Gasteiger charge is 2.42. The first kappa shape index (κ1) is 19.9. The Kier molecular flexibility index (Phi) is 7.39. The molecule has 0 radical (unpaired) electrons. The summed E-state index contributed by atoms with van der Waals surface area (Å²) in [5.74, 6) is -1.99. The van der Waals surface area contributed by atoms with Crippen LogP contribution in [0.2, 0.25) is 0 Å². The minimum absolute atomic E-state index is 0.114. The molecule has 0 heterocycles. The van der Waals surface area contributed by atoms with Crippen molar-refractivity contribution in [3.8, 4) is 0 Å². The summed E-state index contributed by atoms with van der Waals surface area (Å²) in [7, 11) is 1.20. The van der Waals surface area contributed by atoms with Crippen molar-refractivity contribution in [2.75, 3.05) is 7.11 Å². The molecule has 1 aliphatic carbocycles. The van der Waals surface area contributed by atoms with E-state index in [0.29, 0.717) is 5.92 Å². The van der Waals surface area contributed by atoms with E-state index in [2.05, 4.69) is 13.8 Å². The molecular weight excluding hydrogens is 322 g/mol. The Morgan fingerprint density at radius 3 is 2.20 bits per heavy atom. The predicted molar refractivity (Wildman–Crippen MR) is 95.8 cm³/mol. The van der Waals surface area contributed by atoms with Crippen LogP contribution in [0.1, 0.15) is 63.0 Å². The predicted octanol–water partition coefficient (Wildman–Crippen LogP) is 5.60. The summed E-state index contributed by atoms with van der Waals surface area (Å²) in [6, 6.07) is 7.92. The van der Waals surface area contributed by atoms with Gasteiger partial charge in [0, 0.05) is 5.92 Å². The number of alkyl halides is 2. The first-order valence-electron chi connectivity index (χ1n) is 9.38. The average molecular weight is 352 g/mol. The van der Waals surface area contributed by atoms with Crippen LogP contribution in [0.15, 0.2) is 24.3 Å². The van der Waals surface area contributed by atoms with E-state index in [1.54, 1.807) is 0 Å². The van der Waals surface area contributed by atoms with Gasteiger partial charge in [-0.05, 0) is 42.2 Å². The quantitative estimate of drug-likeness (QED) is 0.597. The molecule has 1 fully saturated rings. The second-order valence-corrected chi connectivity index (χ2v) is 7.65. The van der Waals surface area contributed by atoms with Crippen molar-refractivity contribution in [2.24, 2.45) is 17.8 Å². The number of carbonyl (C=O) groups is 1. The maximum atomic E-state index is 13.8. The molecular formula is C21H30F2O2. The normalized spacial score (nSPS) is 18.4. The van der Waals surface area contributed by atoms with Crippen LogP contribution in [0.4, 0.5) is 8.78 Å². The first-order chi connectivity index (χ1) is 11.9. The summed E-state index contributed by atoms with van der Waals surface area (Å²) >= 11 is 0. The lowest BCUT2D eigenvalue weighted by atomic mass is 9.70. The molecule has 2 nitrogen and oxygen atoms in total. The van der Waals surface area contributed by atoms with E-state index in [1.165, 1.54) is 12.7 Å². The lowest BCUT2D eigenvalue weighted by Gasteiger charge is -2.34. The first-order valence-corrected chi connectivity index (χ1v) is 9.38. The van der Waals surface area contributed by atoms with Gasteiger partial charge in [-0.25, -0.2) is 8.78 Å². The molecule has 0 aliphatic heterocycles. The molecule has 25 heavy (non-hydrogen) atoms. The van der Waals surface area contributed by atoms with E-state index in [9.17, 15) is 13.6 Å². The molecule has 1 saturated carbocycles. The number of carbonyl (C=O) groups excluding carboxylic acids is 1. The Hall–Kier alpha value is -1.45. The molecule has 1 aliphatic rings. The van der Waals surface area contributed by atoms with Gasteiger partial charge in [-0.2, -0.15) is 0 Å². The van der Waals surface area contributed by atoms with Crippen molar-refractivity contribution in [3.63, 3.8) is 0 Å². The van der Waals surface area contributed by atoms with Crippen molar-refractivity contribution in [2.45, 2.75) is 64.7 Å². The number of ether oxygens (including phenoxy) is 1. The van der Waals surface area contributed by atoms with Crippen LogP contribution in [-0.2, 0) is 16.0 Å². The molecule has 4 heteroatoms. The highest BCUT2D eigenvalue weighted by Crippen LogP contribution is 2.43. The Labute approximate surface area is 150 Å². The topological polar surface area (TPSA) is 26.3 Å². The molecule has 0 aromatic heterocycles. The Balaban J connectivity index is 2.34. The number of esters is 1. The summed E-state index contributed by atoms with van der Waals surface area (Å²) in [5, 5.41) is 0. The van der Waals surface area contributed by atoms with Crippen molar-refractivity contribution < 1.29 is 18.3 Å². The monoisotopic (exact) mass is 352 g/mol. The maximum absolute atomic E-state index is 13.8. The van der Waals surface area contributed by atoms with E-state index in [-0.39, 0.29) is 5.92 Å². The average Bonchev–Trinajstić information content (AvgIpc) is 2.60. The van der Waals surface area contributed by atoms with Gasteiger partial charge >= 0.3 is 5.97 Å². The van der Waals surface area contributed by atoms with Crippen molar-refractivity contribution in [3.05, 3.63) is 35.4 Å². The Morgan fingerprint density at radius 1 is 1.12 bits per heavy atom. The summed E-state index contributed by atoms with van der Waals surface area (Å²) in [4.78, 5) is 12.1. The van der Waals surface area contributed by atoms with Crippen LogP contribution < -0.4 is 0 Å². The Bertz CT molecular complexity index is 533. The zero-order valence-electron chi connectivity index (χ0n) is 15.5. The van der Waals surface area contributed by atoms with E-state index in [0.717, 1.165) is 44.1 Å². The highest BCUT2D eigenvalue weighted by molar-refractivity contribution is 5.74. The highest BCUT2D eigenvalue weighted by atomic mass is 19.3. The molecule has 0 N–H and O–H groups in total. The number of halogens is 2. The van der Waals surface area contributed by atoms with Gasteiger partial charge in [0.25, 0.3) is 6.43 Å². The van der Waals surface area contributed by atoms with Gasteiger partial charge in [-0.3, -0.25) is 4.79 Å². The Morgan fingerprint density at radius 2 is 1.72 bits per heavy atom. The number of hydrogen-bond donors (Lipinski definition) is 0. The van der Waals surface area contributed by atoms with Crippen LogP contribution in [0.3, 0.4) is 0 Å². The van der Waals surface area contributed by atoms with Gasteiger partial charge in [0.05, 0.1) is 7.11 Å². The fraction of sp³-hybridized carbons (Fsp3) is 0.667. The minimum atomic E-state index is -2.71. The second-order valence-electron chi connectivity index (χ2n) is 7.65. The molecule has 0 bridgehead atoms. The van der Waals surface area contributed by atoms with E-state index < -0.39 is 24.2 Å². The lowest BCUT2D eigenvalue weighted by Crippen LogP contribution is -2.35.